The summed E-state index contributed by atoms with van der Waals surface area (Å²) >= 11 is 0. The second-order valence-corrected chi connectivity index (χ2v) is 8.15. The molecule has 2 heterocycles. The van der Waals surface area contributed by atoms with Crippen molar-refractivity contribution in [3.63, 3.8) is 0 Å². The van der Waals surface area contributed by atoms with E-state index >= 15 is 0 Å². The third-order valence-electron chi connectivity index (χ3n) is 6.06. The average molecular weight is 377 g/mol. The molecule has 0 bridgehead atoms. The molecule has 28 heavy (non-hydrogen) atoms. The average Bonchev–Trinajstić information content (AvgIpc) is 2.72. The molecule has 1 spiro atoms. The predicted molar refractivity (Wildman–Crippen MR) is 111 cm³/mol. The van der Waals surface area contributed by atoms with Crippen molar-refractivity contribution in [2.24, 2.45) is 5.41 Å². The molecule has 2 fully saturated rings. The number of rotatable bonds is 2. The molecule has 2 saturated heterocycles. The molecular formula is C23H27N3O2. The molecule has 2 aliphatic rings. The van der Waals surface area contributed by atoms with E-state index in [1.165, 1.54) is 0 Å². The van der Waals surface area contributed by atoms with Crippen LogP contribution in [-0.4, -0.2) is 48.4 Å². The zero-order valence-corrected chi connectivity index (χ0v) is 16.4. The van der Waals surface area contributed by atoms with Crippen LogP contribution in [0.15, 0.2) is 54.6 Å². The number of nitrogens with zero attached hydrogens (tertiary/aromatic N) is 2. The van der Waals surface area contributed by atoms with Crippen molar-refractivity contribution in [2.75, 3.05) is 32.0 Å². The number of carbonyl (C=O) groups excluding carboxylic acids is 2. The first-order valence-electron chi connectivity index (χ1n) is 10.0. The molecule has 5 nitrogen and oxygen atoms in total. The number of hydrogen-bond acceptors (Lipinski definition) is 2. The maximum absolute atomic E-state index is 12.8. The van der Waals surface area contributed by atoms with E-state index in [0.717, 1.165) is 55.7 Å². The maximum atomic E-state index is 12.8. The molecule has 1 N–H and O–H groups in total. The van der Waals surface area contributed by atoms with Gasteiger partial charge in [-0.2, -0.15) is 0 Å². The summed E-state index contributed by atoms with van der Waals surface area (Å²) in [5.74, 6) is 0.214. The van der Waals surface area contributed by atoms with Crippen molar-refractivity contribution in [3.8, 4) is 11.1 Å². The van der Waals surface area contributed by atoms with Gasteiger partial charge in [-0.1, -0.05) is 42.5 Å². The highest BCUT2D eigenvalue weighted by molar-refractivity contribution is 5.89. The highest BCUT2D eigenvalue weighted by Gasteiger charge is 2.41. The van der Waals surface area contributed by atoms with Crippen LogP contribution in [0.4, 0.5) is 10.5 Å². The zero-order chi connectivity index (χ0) is 19.6. The summed E-state index contributed by atoms with van der Waals surface area (Å²) in [5.41, 5.74) is 3.15. The molecule has 4 rings (SSSR count). The first kappa shape index (κ1) is 18.5. The van der Waals surface area contributed by atoms with Crippen molar-refractivity contribution < 1.29 is 9.59 Å². The van der Waals surface area contributed by atoms with Gasteiger partial charge >= 0.3 is 6.03 Å². The lowest BCUT2D eigenvalue weighted by Gasteiger charge is -2.47. The van der Waals surface area contributed by atoms with Gasteiger partial charge in [0.15, 0.2) is 0 Å². The Labute approximate surface area is 166 Å². The Morgan fingerprint density at radius 2 is 1.68 bits per heavy atom. The second-order valence-electron chi connectivity index (χ2n) is 8.15. The lowest BCUT2D eigenvalue weighted by atomic mass is 9.74. The number of nitrogens with one attached hydrogen (secondary N) is 1. The maximum Gasteiger partial charge on any atom is 0.321 e. The Morgan fingerprint density at radius 1 is 0.964 bits per heavy atom. The van der Waals surface area contributed by atoms with Crippen LogP contribution in [0.1, 0.15) is 25.7 Å². The van der Waals surface area contributed by atoms with E-state index in [0.29, 0.717) is 6.42 Å². The van der Waals surface area contributed by atoms with Crippen LogP contribution in [0.2, 0.25) is 0 Å². The molecule has 3 amide bonds. The number of urea groups is 1. The summed E-state index contributed by atoms with van der Waals surface area (Å²) in [5, 5.41) is 3.04. The Hall–Kier alpha value is -2.82. The molecule has 1 atom stereocenters. The number of piperidine rings is 2. The minimum atomic E-state index is -0.0499. The van der Waals surface area contributed by atoms with Crippen molar-refractivity contribution >= 4 is 17.6 Å². The molecule has 0 saturated carbocycles. The second kappa shape index (κ2) is 7.66. The van der Waals surface area contributed by atoms with Gasteiger partial charge in [-0.3, -0.25) is 4.79 Å². The summed E-state index contributed by atoms with van der Waals surface area (Å²) in [6.45, 7) is 2.24. The van der Waals surface area contributed by atoms with Gasteiger partial charge in [-0.05, 0) is 42.5 Å². The molecule has 0 aromatic heterocycles. The van der Waals surface area contributed by atoms with E-state index in [1.54, 1.807) is 0 Å². The highest BCUT2D eigenvalue weighted by atomic mass is 16.2. The number of likely N-dealkylation sites (tertiary alicyclic amines) is 2. The Kier molecular flexibility index (Phi) is 5.07. The quantitative estimate of drug-likeness (QED) is 0.852. The van der Waals surface area contributed by atoms with Crippen molar-refractivity contribution in [1.82, 2.24) is 9.80 Å². The molecule has 2 aliphatic heterocycles. The Bertz CT molecular complexity index is 850. The summed E-state index contributed by atoms with van der Waals surface area (Å²) in [6, 6.07) is 18.1. The topological polar surface area (TPSA) is 52.6 Å². The molecule has 146 valence electrons. The van der Waals surface area contributed by atoms with E-state index in [4.69, 9.17) is 0 Å². The SMILES string of the molecule is CN1CC2(CCCN(C(=O)Nc3ccc(-c4ccccc4)cc3)C2)CCC1=O. The largest absolute Gasteiger partial charge is 0.345 e. The van der Waals surface area contributed by atoms with Gasteiger partial charge in [0.2, 0.25) is 5.91 Å². The van der Waals surface area contributed by atoms with Gasteiger partial charge in [0, 0.05) is 44.2 Å². The minimum absolute atomic E-state index is 0.0499. The van der Waals surface area contributed by atoms with E-state index in [9.17, 15) is 9.59 Å². The summed E-state index contributed by atoms with van der Waals surface area (Å²) in [4.78, 5) is 28.4. The fraction of sp³-hybridized carbons (Fsp3) is 0.391. The van der Waals surface area contributed by atoms with Crippen molar-refractivity contribution in [3.05, 3.63) is 54.6 Å². The molecule has 1 unspecified atom stereocenters. The number of amides is 3. The lowest BCUT2D eigenvalue weighted by Crippen LogP contribution is -2.54. The Balaban J connectivity index is 1.40. The highest BCUT2D eigenvalue weighted by Crippen LogP contribution is 2.38. The molecule has 0 aliphatic carbocycles. The van der Waals surface area contributed by atoms with Crippen LogP contribution >= 0.6 is 0 Å². The molecule has 2 aromatic rings. The number of hydrogen-bond donors (Lipinski definition) is 1. The Morgan fingerprint density at radius 3 is 2.39 bits per heavy atom. The van der Waals surface area contributed by atoms with Crippen LogP contribution in [0.25, 0.3) is 11.1 Å². The molecular weight excluding hydrogens is 350 g/mol. The fourth-order valence-electron chi connectivity index (χ4n) is 4.53. The van der Waals surface area contributed by atoms with Crippen molar-refractivity contribution in [1.29, 1.82) is 0 Å². The van der Waals surface area contributed by atoms with E-state index < -0.39 is 0 Å². The standard InChI is InChI=1S/C23H27N3O2/c1-25-16-23(14-12-21(25)27)13-5-15-26(17-23)22(28)24-20-10-8-19(9-11-20)18-6-3-2-4-7-18/h2-4,6-11H,5,12-17H2,1H3,(H,24,28). The van der Waals surface area contributed by atoms with E-state index in [1.807, 2.05) is 59.3 Å². The van der Waals surface area contributed by atoms with Crippen LogP contribution in [-0.2, 0) is 4.79 Å². The van der Waals surface area contributed by atoms with Crippen LogP contribution < -0.4 is 5.32 Å². The third-order valence-corrected chi connectivity index (χ3v) is 6.06. The van der Waals surface area contributed by atoms with Gasteiger partial charge < -0.3 is 15.1 Å². The number of anilines is 1. The lowest BCUT2D eigenvalue weighted by molar-refractivity contribution is -0.137. The van der Waals surface area contributed by atoms with Gasteiger partial charge in [0.25, 0.3) is 0 Å². The number of carbonyl (C=O) groups is 2. The smallest absolute Gasteiger partial charge is 0.321 e. The van der Waals surface area contributed by atoms with Gasteiger partial charge in [-0.25, -0.2) is 4.79 Å². The van der Waals surface area contributed by atoms with E-state index in [2.05, 4.69) is 17.4 Å². The van der Waals surface area contributed by atoms with Gasteiger partial charge in [-0.15, -0.1) is 0 Å². The first-order chi connectivity index (χ1) is 13.5. The zero-order valence-electron chi connectivity index (χ0n) is 16.4. The van der Waals surface area contributed by atoms with E-state index in [-0.39, 0.29) is 17.4 Å². The molecule has 5 heteroatoms. The van der Waals surface area contributed by atoms with Gasteiger partial charge in [0.05, 0.1) is 0 Å². The van der Waals surface area contributed by atoms with Crippen LogP contribution in [0.3, 0.4) is 0 Å². The monoisotopic (exact) mass is 377 g/mol. The van der Waals surface area contributed by atoms with Crippen LogP contribution in [0.5, 0.6) is 0 Å². The summed E-state index contributed by atoms with van der Waals surface area (Å²) < 4.78 is 0. The molecule has 2 aromatic carbocycles. The number of benzene rings is 2. The van der Waals surface area contributed by atoms with Crippen molar-refractivity contribution in [2.45, 2.75) is 25.7 Å². The molecule has 0 radical (unpaired) electrons. The minimum Gasteiger partial charge on any atom is -0.345 e. The summed E-state index contributed by atoms with van der Waals surface area (Å²) in [6.07, 6.45) is 3.54. The fourth-order valence-corrected chi connectivity index (χ4v) is 4.53. The normalized spacial score (nSPS) is 22.4. The third kappa shape index (κ3) is 3.88. The van der Waals surface area contributed by atoms with Crippen LogP contribution in [0, 0.1) is 5.41 Å². The predicted octanol–water partition coefficient (Wildman–Crippen LogP) is 4.22. The summed E-state index contributed by atoms with van der Waals surface area (Å²) in [7, 11) is 1.87. The van der Waals surface area contributed by atoms with Gasteiger partial charge in [0.1, 0.15) is 0 Å². The first-order valence-corrected chi connectivity index (χ1v) is 10.0.